The average Bonchev–Trinajstić information content (AvgIpc) is 2.96. The summed E-state index contributed by atoms with van der Waals surface area (Å²) < 4.78 is 26.5. The number of halogens is 2. The second-order valence-electron chi connectivity index (χ2n) is 13.8. The maximum absolute atomic E-state index is 7.02. The van der Waals surface area contributed by atoms with Crippen LogP contribution in [0, 0.1) is 23.7 Å². The molecule has 3 rings (SSSR count). The molecule has 0 aliphatic heterocycles. The van der Waals surface area contributed by atoms with Gasteiger partial charge in [-0.1, -0.05) is 78.6 Å². The molecule has 0 aliphatic carbocycles. The van der Waals surface area contributed by atoms with Crippen LogP contribution in [0.1, 0.15) is 107 Å². The van der Waals surface area contributed by atoms with E-state index in [4.69, 9.17) is 42.1 Å². The van der Waals surface area contributed by atoms with E-state index in [9.17, 15) is 0 Å². The summed E-state index contributed by atoms with van der Waals surface area (Å²) in [6.45, 7) is 20.3. The molecule has 0 aliphatic rings. The quantitative estimate of drug-likeness (QED) is 0.0903. The summed E-state index contributed by atoms with van der Waals surface area (Å²) in [6.07, 6.45) is 8.19. The Morgan fingerprint density at radius 2 is 0.864 bits per heavy atom. The molecule has 3 aromatic carbocycles. The SMILES string of the molecule is CC(C)CCCOc1ccc(OCCCC(C)C)c2c(OCCCC(C)C)c3c(Cl)c(Cl)ccc3c(OCCCC(C)C)c12. The van der Waals surface area contributed by atoms with Gasteiger partial charge in [-0.15, -0.1) is 0 Å². The highest BCUT2D eigenvalue weighted by Gasteiger charge is 2.26. The van der Waals surface area contributed by atoms with Gasteiger partial charge in [-0.25, -0.2) is 0 Å². The van der Waals surface area contributed by atoms with Crippen LogP contribution in [0.3, 0.4) is 0 Å². The summed E-state index contributed by atoms with van der Waals surface area (Å²) in [5, 5.41) is 4.31. The highest BCUT2D eigenvalue weighted by molar-refractivity contribution is 6.46. The molecule has 0 fully saturated rings. The highest BCUT2D eigenvalue weighted by atomic mass is 35.5. The number of rotatable bonds is 20. The van der Waals surface area contributed by atoms with Crippen molar-refractivity contribution >= 4 is 44.7 Å². The van der Waals surface area contributed by atoms with E-state index in [2.05, 4.69) is 55.4 Å². The maximum Gasteiger partial charge on any atom is 0.140 e. The largest absolute Gasteiger partial charge is 0.493 e. The van der Waals surface area contributed by atoms with Crippen molar-refractivity contribution in [1.82, 2.24) is 0 Å². The number of benzene rings is 3. The topological polar surface area (TPSA) is 36.9 Å². The van der Waals surface area contributed by atoms with Crippen LogP contribution >= 0.6 is 23.2 Å². The zero-order valence-electron chi connectivity index (χ0n) is 28.5. The van der Waals surface area contributed by atoms with Gasteiger partial charge in [0.25, 0.3) is 0 Å². The standard InChI is InChI=1S/C38H56Cl2O4/c1-25(2)13-9-21-41-31-19-20-32(42-22-10-14-26(3)4)35-34(31)37(43-23-11-15-27(5)6)29-17-18-30(39)36(40)33(29)38(35)44-24-12-16-28(7)8/h17-20,25-28H,9-16,21-24H2,1-8H3. The van der Waals surface area contributed by atoms with Gasteiger partial charge in [-0.2, -0.15) is 0 Å². The molecular weight excluding hydrogens is 591 g/mol. The summed E-state index contributed by atoms with van der Waals surface area (Å²) in [7, 11) is 0. The van der Waals surface area contributed by atoms with Crippen molar-refractivity contribution in [2.24, 2.45) is 23.7 Å². The second-order valence-corrected chi connectivity index (χ2v) is 14.6. The average molecular weight is 648 g/mol. The summed E-state index contributed by atoms with van der Waals surface area (Å²) >= 11 is 13.7. The zero-order valence-corrected chi connectivity index (χ0v) is 30.0. The fourth-order valence-corrected chi connectivity index (χ4v) is 5.86. The van der Waals surface area contributed by atoms with Gasteiger partial charge in [-0.3, -0.25) is 0 Å². The zero-order chi connectivity index (χ0) is 32.2. The molecule has 0 atom stereocenters. The van der Waals surface area contributed by atoms with Gasteiger partial charge in [-0.05, 0) is 99.3 Å². The van der Waals surface area contributed by atoms with E-state index in [0.29, 0.717) is 65.9 Å². The van der Waals surface area contributed by atoms with E-state index in [0.717, 1.165) is 90.2 Å². The fourth-order valence-electron chi connectivity index (χ4n) is 5.45. The Bertz CT molecular complexity index is 1320. The lowest BCUT2D eigenvalue weighted by Gasteiger charge is -2.23. The first-order valence-corrected chi connectivity index (χ1v) is 17.7. The maximum atomic E-state index is 7.02. The van der Waals surface area contributed by atoms with Crippen molar-refractivity contribution < 1.29 is 18.9 Å². The van der Waals surface area contributed by atoms with Crippen LogP contribution in [0.5, 0.6) is 23.0 Å². The van der Waals surface area contributed by atoms with Crippen LogP contribution in [-0.2, 0) is 0 Å². The summed E-state index contributed by atoms with van der Waals surface area (Å²) in [5.41, 5.74) is 0. The van der Waals surface area contributed by atoms with Gasteiger partial charge in [0.1, 0.15) is 23.0 Å². The summed E-state index contributed by atoms with van der Waals surface area (Å²) in [4.78, 5) is 0. The van der Waals surface area contributed by atoms with Crippen molar-refractivity contribution in [3.8, 4) is 23.0 Å². The van der Waals surface area contributed by atoms with Gasteiger partial charge in [0.2, 0.25) is 0 Å². The predicted molar refractivity (Wildman–Crippen MR) is 190 cm³/mol. The van der Waals surface area contributed by atoms with Crippen molar-refractivity contribution in [2.75, 3.05) is 26.4 Å². The molecule has 0 aromatic heterocycles. The van der Waals surface area contributed by atoms with Crippen molar-refractivity contribution in [3.63, 3.8) is 0 Å². The first-order chi connectivity index (χ1) is 21.0. The number of hydrogen-bond acceptors (Lipinski definition) is 4. The van der Waals surface area contributed by atoms with Gasteiger partial charge in [0, 0.05) is 10.8 Å². The minimum atomic E-state index is 0.464. The van der Waals surface area contributed by atoms with Gasteiger partial charge in [0.15, 0.2) is 0 Å². The lowest BCUT2D eigenvalue weighted by atomic mass is 9.98. The van der Waals surface area contributed by atoms with Gasteiger partial charge < -0.3 is 18.9 Å². The number of ether oxygens (including phenoxy) is 4. The summed E-state index contributed by atoms with van der Waals surface area (Å²) in [5.74, 6) is 5.40. The lowest BCUT2D eigenvalue weighted by Crippen LogP contribution is -2.07. The molecule has 4 nitrogen and oxygen atoms in total. The van der Waals surface area contributed by atoms with Crippen LogP contribution in [-0.4, -0.2) is 26.4 Å². The molecule has 0 N–H and O–H groups in total. The highest BCUT2D eigenvalue weighted by Crippen LogP contribution is 2.53. The third-order valence-corrected chi connectivity index (χ3v) is 8.66. The molecule has 246 valence electrons. The van der Waals surface area contributed by atoms with E-state index in [1.54, 1.807) is 0 Å². The molecule has 0 saturated heterocycles. The third kappa shape index (κ3) is 10.5. The molecule has 0 spiro atoms. The molecule has 0 bridgehead atoms. The predicted octanol–water partition coefficient (Wildman–Crippen LogP) is 12.6. The van der Waals surface area contributed by atoms with Crippen LogP contribution < -0.4 is 18.9 Å². The number of hydrogen-bond donors (Lipinski definition) is 0. The number of fused-ring (bicyclic) bond motifs is 2. The normalized spacial score (nSPS) is 12.0. The Labute approximate surface area is 277 Å². The summed E-state index contributed by atoms with van der Waals surface area (Å²) in [6, 6.07) is 7.89. The lowest BCUT2D eigenvalue weighted by molar-refractivity contribution is 0.284. The Hall–Kier alpha value is -2.04. The first-order valence-electron chi connectivity index (χ1n) is 16.9. The third-order valence-electron chi connectivity index (χ3n) is 7.86. The van der Waals surface area contributed by atoms with Gasteiger partial charge in [0.05, 0.1) is 47.2 Å². The van der Waals surface area contributed by atoms with Crippen LogP contribution in [0.25, 0.3) is 21.5 Å². The van der Waals surface area contributed by atoms with Crippen molar-refractivity contribution in [3.05, 3.63) is 34.3 Å². The fraction of sp³-hybridized carbons (Fsp3) is 0.632. The molecule has 3 aromatic rings. The Balaban J connectivity index is 2.26. The molecule has 6 heteroatoms. The molecule has 44 heavy (non-hydrogen) atoms. The molecule has 0 heterocycles. The van der Waals surface area contributed by atoms with E-state index >= 15 is 0 Å². The van der Waals surface area contributed by atoms with E-state index < -0.39 is 0 Å². The van der Waals surface area contributed by atoms with Crippen LogP contribution in [0.4, 0.5) is 0 Å². The van der Waals surface area contributed by atoms with Crippen LogP contribution in [0.2, 0.25) is 10.0 Å². The Kier molecular flexibility index (Phi) is 15.1. The smallest absolute Gasteiger partial charge is 0.140 e. The monoisotopic (exact) mass is 646 g/mol. The van der Waals surface area contributed by atoms with E-state index in [1.165, 1.54) is 0 Å². The van der Waals surface area contributed by atoms with E-state index in [-0.39, 0.29) is 0 Å². The first kappa shape index (κ1) is 36.4. The van der Waals surface area contributed by atoms with Crippen LogP contribution in [0.15, 0.2) is 24.3 Å². The molecule has 0 unspecified atom stereocenters. The molecule has 0 radical (unpaired) electrons. The molecule has 0 amide bonds. The van der Waals surface area contributed by atoms with Gasteiger partial charge >= 0.3 is 0 Å². The minimum absolute atomic E-state index is 0.464. The Morgan fingerprint density at radius 3 is 1.30 bits per heavy atom. The minimum Gasteiger partial charge on any atom is -0.493 e. The van der Waals surface area contributed by atoms with Crippen molar-refractivity contribution in [2.45, 2.75) is 107 Å². The van der Waals surface area contributed by atoms with E-state index in [1.807, 2.05) is 24.3 Å². The van der Waals surface area contributed by atoms with Crippen molar-refractivity contribution in [1.29, 1.82) is 0 Å². The second kappa shape index (κ2) is 18.2. The molecular formula is C38H56Cl2O4. The molecule has 0 saturated carbocycles. The Morgan fingerprint density at radius 1 is 0.477 bits per heavy atom.